The summed E-state index contributed by atoms with van der Waals surface area (Å²) in [7, 11) is -3.84. The maximum Gasteiger partial charge on any atom is 0.263 e. The highest BCUT2D eigenvalue weighted by Gasteiger charge is 2.20. The van der Waals surface area contributed by atoms with Gasteiger partial charge in [-0.2, -0.15) is 0 Å². The monoisotopic (exact) mass is 364 g/mol. The van der Waals surface area contributed by atoms with Crippen molar-refractivity contribution >= 4 is 21.7 Å². The number of benzene rings is 1. The van der Waals surface area contributed by atoms with Crippen molar-refractivity contribution in [1.82, 2.24) is 10.2 Å². The highest BCUT2D eigenvalue weighted by molar-refractivity contribution is 7.92. The standard InChI is InChI=1S/C17H21FN4O2S/c1-12-4-3-9-22(11-12)17-8-7-16(19-20-17)21-25(23,24)15-6-5-14(18)10-13(15)2/h5-8,10,12H,3-4,9,11H2,1-2H3,(H,19,21). The fourth-order valence-corrected chi connectivity index (χ4v) is 4.28. The van der Waals surface area contributed by atoms with Gasteiger partial charge in [0.05, 0.1) is 4.90 Å². The lowest BCUT2D eigenvalue weighted by Crippen LogP contribution is -2.34. The average Bonchev–Trinajstić information content (AvgIpc) is 2.54. The lowest BCUT2D eigenvalue weighted by Gasteiger charge is -2.31. The molecular weight excluding hydrogens is 343 g/mol. The Balaban J connectivity index is 1.76. The van der Waals surface area contributed by atoms with Gasteiger partial charge in [-0.25, -0.2) is 12.8 Å². The van der Waals surface area contributed by atoms with Crippen LogP contribution in [0.1, 0.15) is 25.3 Å². The van der Waals surface area contributed by atoms with E-state index in [-0.39, 0.29) is 10.7 Å². The minimum atomic E-state index is -3.84. The zero-order chi connectivity index (χ0) is 18.0. The molecule has 0 bridgehead atoms. The van der Waals surface area contributed by atoms with Crippen LogP contribution in [0.15, 0.2) is 35.2 Å². The summed E-state index contributed by atoms with van der Waals surface area (Å²) >= 11 is 0. The van der Waals surface area contributed by atoms with Gasteiger partial charge in [-0.3, -0.25) is 4.72 Å². The van der Waals surface area contributed by atoms with Crippen LogP contribution in [0.3, 0.4) is 0 Å². The van der Waals surface area contributed by atoms with Crippen molar-refractivity contribution in [2.24, 2.45) is 5.92 Å². The zero-order valence-electron chi connectivity index (χ0n) is 14.2. The number of piperidine rings is 1. The van der Waals surface area contributed by atoms with Gasteiger partial charge < -0.3 is 4.90 Å². The van der Waals surface area contributed by atoms with Gasteiger partial charge in [0.15, 0.2) is 11.6 Å². The van der Waals surface area contributed by atoms with Crippen molar-refractivity contribution in [3.05, 3.63) is 41.7 Å². The third-order valence-corrected chi connectivity index (χ3v) is 5.81. The molecule has 2 heterocycles. The number of aryl methyl sites for hydroxylation is 1. The highest BCUT2D eigenvalue weighted by atomic mass is 32.2. The molecule has 3 rings (SSSR count). The quantitative estimate of drug-likeness (QED) is 0.903. The van der Waals surface area contributed by atoms with Crippen molar-refractivity contribution in [3.8, 4) is 0 Å². The Bertz CT molecular complexity index is 855. The maximum atomic E-state index is 13.2. The number of nitrogens with one attached hydrogen (secondary N) is 1. The number of rotatable bonds is 4. The Kier molecular flexibility index (Phi) is 4.89. The molecule has 1 aliphatic rings. The maximum absolute atomic E-state index is 13.2. The van der Waals surface area contributed by atoms with Gasteiger partial charge in [-0.1, -0.05) is 6.92 Å². The summed E-state index contributed by atoms with van der Waals surface area (Å²) in [6.07, 6.45) is 2.32. The van der Waals surface area contributed by atoms with E-state index < -0.39 is 15.8 Å². The fourth-order valence-electron chi connectivity index (χ4n) is 3.05. The van der Waals surface area contributed by atoms with Crippen LogP contribution in [0.4, 0.5) is 16.0 Å². The van der Waals surface area contributed by atoms with Crippen molar-refractivity contribution in [2.45, 2.75) is 31.6 Å². The molecule has 25 heavy (non-hydrogen) atoms. The Labute approximate surface area is 147 Å². The van der Waals surface area contributed by atoms with E-state index in [4.69, 9.17) is 0 Å². The van der Waals surface area contributed by atoms with E-state index in [1.807, 2.05) is 0 Å². The molecule has 1 N–H and O–H groups in total. The molecule has 0 radical (unpaired) electrons. The van der Waals surface area contributed by atoms with Crippen molar-refractivity contribution in [1.29, 1.82) is 0 Å². The molecular formula is C17H21FN4O2S. The number of sulfonamides is 1. The largest absolute Gasteiger partial charge is 0.355 e. The topological polar surface area (TPSA) is 75.2 Å². The molecule has 1 unspecified atom stereocenters. The molecule has 134 valence electrons. The molecule has 1 aromatic carbocycles. The smallest absolute Gasteiger partial charge is 0.263 e. The summed E-state index contributed by atoms with van der Waals surface area (Å²) in [6.45, 7) is 5.60. The normalized spacial score (nSPS) is 18.2. The number of aromatic nitrogens is 2. The van der Waals surface area contributed by atoms with Gasteiger partial charge in [0.25, 0.3) is 10.0 Å². The molecule has 1 fully saturated rings. The molecule has 1 saturated heterocycles. The minimum Gasteiger partial charge on any atom is -0.355 e. The Morgan fingerprint density at radius 2 is 2.04 bits per heavy atom. The molecule has 2 aromatic rings. The van der Waals surface area contributed by atoms with Gasteiger partial charge in [0, 0.05) is 13.1 Å². The van der Waals surface area contributed by atoms with E-state index in [0.717, 1.165) is 31.4 Å². The first-order valence-corrected chi connectivity index (χ1v) is 9.71. The van der Waals surface area contributed by atoms with Gasteiger partial charge in [0.2, 0.25) is 0 Å². The summed E-state index contributed by atoms with van der Waals surface area (Å²) in [5.41, 5.74) is 0.333. The molecule has 0 spiro atoms. The first-order valence-electron chi connectivity index (χ1n) is 8.23. The van der Waals surface area contributed by atoms with Gasteiger partial charge >= 0.3 is 0 Å². The zero-order valence-corrected chi connectivity index (χ0v) is 15.1. The molecule has 1 aliphatic heterocycles. The Morgan fingerprint density at radius 3 is 2.68 bits per heavy atom. The van der Waals surface area contributed by atoms with E-state index in [1.165, 1.54) is 18.6 Å². The molecule has 0 aliphatic carbocycles. The lowest BCUT2D eigenvalue weighted by molar-refractivity contribution is 0.444. The number of nitrogens with zero attached hydrogens (tertiary/aromatic N) is 3. The molecule has 6 nitrogen and oxygen atoms in total. The first kappa shape index (κ1) is 17.6. The summed E-state index contributed by atoms with van der Waals surface area (Å²) in [5.74, 6) is 1.01. The van der Waals surface area contributed by atoms with Crippen molar-refractivity contribution in [2.75, 3.05) is 22.7 Å². The van der Waals surface area contributed by atoms with Crippen LogP contribution in [-0.2, 0) is 10.0 Å². The molecule has 1 atom stereocenters. The fraction of sp³-hybridized carbons (Fsp3) is 0.412. The molecule has 0 saturated carbocycles. The van der Waals surface area contributed by atoms with Crippen molar-refractivity contribution in [3.63, 3.8) is 0 Å². The van der Waals surface area contributed by atoms with Gasteiger partial charge in [-0.05, 0) is 61.6 Å². The van der Waals surface area contributed by atoms with Crippen LogP contribution in [0, 0.1) is 18.7 Å². The van der Waals surface area contributed by atoms with E-state index in [1.54, 1.807) is 19.1 Å². The minimum absolute atomic E-state index is 0.0182. The van der Waals surface area contributed by atoms with Crippen LogP contribution >= 0.6 is 0 Å². The lowest BCUT2D eigenvalue weighted by atomic mass is 10.0. The summed E-state index contributed by atoms with van der Waals surface area (Å²) in [6, 6.07) is 6.90. The van der Waals surface area contributed by atoms with E-state index >= 15 is 0 Å². The summed E-state index contributed by atoms with van der Waals surface area (Å²) in [4.78, 5) is 2.17. The molecule has 0 amide bonds. The van der Waals surface area contributed by atoms with Gasteiger partial charge in [-0.15, -0.1) is 10.2 Å². The van der Waals surface area contributed by atoms with Gasteiger partial charge in [0.1, 0.15) is 5.82 Å². The Morgan fingerprint density at radius 1 is 1.24 bits per heavy atom. The predicted molar refractivity (Wildman–Crippen MR) is 94.6 cm³/mol. The summed E-state index contributed by atoms with van der Waals surface area (Å²) < 4.78 is 40.5. The van der Waals surface area contributed by atoms with Crippen LogP contribution in [-0.4, -0.2) is 31.7 Å². The second kappa shape index (κ2) is 6.95. The predicted octanol–water partition coefficient (Wildman–Crippen LogP) is 2.96. The number of anilines is 2. The Hall–Kier alpha value is -2.22. The molecule has 8 heteroatoms. The number of hydrogen-bond acceptors (Lipinski definition) is 5. The van der Waals surface area contributed by atoms with E-state index in [2.05, 4.69) is 26.7 Å². The number of hydrogen-bond donors (Lipinski definition) is 1. The second-order valence-corrected chi connectivity index (χ2v) is 8.14. The van der Waals surface area contributed by atoms with Crippen LogP contribution in [0.2, 0.25) is 0 Å². The third kappa shape index (κ3) is 4.07. The first-order chi connectivity index (χ1) is 11.8. The van der Waals surface area contributed by atoms with E-state index in [9.17, 15) is 12.8 Å². The van der Waals surface area contributed by atoms with Crippen LogP contribution in [0.25, 0.3) is 0 Å². The van der Waals surface area contributed by atoms with Crippen LogP contribution < -0.4 is 9.62 Å². The van der Waals surface area contributed by atoms with Crippen LogP contribution in [0.5, 0.6) is 0 Å². The SMILES string of the molecule is Cc1cc(F)ccc1S(=O)(=O)Nc1ccc(N2CCCC(C)C2)nn1. The van der Waals surface area contributed by atoms with E-state index in [0.29, 0.717) is 11.5 Å². The third-order valence-electron chi connectivity index (χ3n) is 4.30. The van der Waals surface area contributed by atoms with Crippen molar-refractivity contribution < 1.29 is 12.8 Å². The highest BCUT2D eigenvalue weighted by Crippen LogP contribution is 2.22. The number of halogens is 1. The second-order valence-electron chi connectivity index (χ2n) is 6.49. The summed E-state index contributed by atoms with van der Waals surface area (Å²) in [5, 5.41) is 8.12. The molecule has 1 aromatic heterocycles. The average molecular weight is 364 g/mol.